The Hall–Kier alpha value is -2.17. The minimum Gasteiger partial charge on any atom is -0.338 e. The maximum absolute atomic E-state index is 12.6. The zero-order valence-corrected chi connectivity index (χ0v) is 16.6. The van der Waals surface area contributed by atoms with Gasteiger partial charge in [0.2, 0.25) is 0 Å². The molecule has 1 heterocycles. The number of thiophene rings is 1. The van der Waals surface area contributed by atoms with E-state index in [9.17, 15) is 14.9 Å². The van der Waals surface area contributed by atoms with E-state index < -0.39 is 0 Å². The number of benzene rings is 1. The quantitative estimate of drug-likeness (QED) is 0.778. The summed E-state index contributed by atoms with van der Waals surface area (Å²) in [7, 11) is 0. The lowest BCUT2D eigenvalue weighted by Gasteiger charge is -2.17. The third kappa shape index (κ3) is 4.09. The van der Waals surface area contributed by atoms with Crippen molar-refractivity contribution in [3.63, 3.8) is 0 Å². The monoisotopic (exact) mass is 419 g/mol. The Morgan fingerprint density at radius 1 is 1.32 bits per heavy atom. The van der Waals surface area contributed by atoms with Crippen molar-refractivity contribution < 1.29 is 9.59 Å². The van der Waals surface area contributed by atoms with Gasteiger partial charge in [0.15, 0.2) is 0 Å². The van der Waals surface area contributed by atoms with E-state index in [4.69, 9.17) is 0 Å². The van der Waals surface area contributed by atoms with Crippen LogP contribution in [0.25, 0.3) is 0 Å². The third-order valence-electron chi connectivity index (χ3n) is 3.82. The maximum Gasteiger partial charge on any atom is 0.264 e. The summed E-state index contributed by atoms with van der Waals surface area (Å²) in [6.45, 7) is 6.74. The fraction of sp³-hybridized carbons (Fsp3) is 0.278. The SMILES string of the molecule is CCN(CC)C(=O)c1sc(NC(=O)c2cccc(Br)c2)c(C#N)c1C. The van der Waals surface area contributed by atoms with Crippen molar-refractivity contribution in [1.29, 1.82) is 5.26 Å². The number of hydrogen-bond donors (Lipinski definition) is 1. The van der Waals surface area contributed by atoms with Gasteiger partial charge in [-0.2, -0.15) is 5.26 Å². The number of carbonyl (C=O) groups is 2. The van der Waals surface area contributed by atoms with Crippen molar-refractivity contribution >= 4 is 44.1 Å². The number of nitrogens with zero attached hydrogens (tertiary/aromatic N) is 2. The van der Waals surface area contributed by atoms with Crippen LogP contribution in [0.4, 0.5) is 5.00 Å². The van der Waals surface area contributed by atoms with Gasteiger partial charge < -0.3 is 10.2 Å². The first-order valence-corrected chi connectivity index (χ1v) is 9.43. The minimum atomic E-state index is -0.319. The molecule has 0 fully saturated rings. The van der Waals surface area contributed by atoms with Gasteiger partial charge in [0, 0.05) is 23.1 Å². The van der Waals surface area contributed by atoms with Crippen LogP contribution in [-0.4, -0.2) is 29.8 Å². The summed E-state index contributed by atoms with van der Waals surface area (Å²) in [4.78, 5) is 27.2. The Bertz CT molecular complexity index is 850. The summed E-state index contributed by atoms with van der Waals surface area (Å²) >= 11 is 4.48. The van der Waals surface area contributed by atoms with E-state index in [1.807, 2.05) is 19.9 Å². The molecule has 0 radical (unpaired) electrons. The molecule has 0 aliphatic heterocycles. The lowest BCUT2D eigenvalue weighted by molar-refractivity contribution is 0.0777. The molecule has 1 aromatic carbocycles. The highest BCUT2D eigenvalue weighted by atomic mass is 79.9. The Kier molecular flexibility index (Phi) is 6.34. The van der Waals surface area contributed by atoms with Crippen LogP contribution in [0.1, 0.15) is 45.0 Å². The molecule has 130 valence electrons. The Balaban J connectivity index is 2.36. The molecule has 0 spiro atoms. The zero-order chi connectivity index (χ0) is 18.6. The summed E-state index contributed by atoms with van der Waals surface area (Å²) < 4.78 is 0.792. The average Bonchev–Trinajstić information content (AvgIpc) is 2.91. The van der Waals surface area contributed by atoms with Crippen LogP contribution in [0.2, 0.25) is 0 Å². The summed E-state index contributed by atoms with van der Waals surface area (Å²) in [6, 6.07) is 9.08. The van der Waals surface area contributed by atoms with E-state index in [-0.39, 0.29) is 11.8 Å². The first-order valence-electron chi connectivity index (χ1n) is 7.82. The van der Waals surface area contributed by atoms with E-state index in [1.165, 1.54) is 0 Å². The van der Waals surface area contributed by atoms with E-state index in [2.05, 4.69) is 27.3 Å². The Morgan fingerprint density at radius 3 is 2.56 bits per heavy atom. The molecule has 7 heteroatoms. The molecule has 5 nitrogen and oxygen atoms in total. The Morgan fingerprint density at radius 2 is 2.00 bits per heavy atom. The van der Waals surface area contributed by atoms with Crippen LogP contribution in [0.3, 0.4) is 0 Å². The summed E-state index contributed by atoms with van der Waals surface area (Å²) in [5.74, 6) is -0.437. The summed E-state index contributed by atoms with van der Waals surface area (Å²) in [6.07, 6.45) is 0. The minimum absolute atomic E-state index is 0.119. The molecule has 0 aliphatic rings. The van der Waals surface area contributed by atoms with Crippen molar-refractivity contribution in [2.45, 2.75) is 20.8 Å². The van der Waals surface area contributed by atoms with Gasteiger partial charge in [0.1, 0.15) is 11.1 Å². The van der Waals surface area contributed by atoms with Crippen LogP contribution in [0.15, 0.2) is 28.7 Å². The molecule has 0 aliphatic carbocycles. The molecule has 2 amide bonds. The van der Waals surface area contributed by atoms with Crippen LogP contribution >= 0.6 is 27.3 Å². The molecule has 2 aromatic rings. The van der Waals surface area contributed by atoms with Gasteiger partial charge in [-0.15, -0.1) is 11.3 Å². The van der Waals surface area contributed by atoms with E-state index in [0.717, 1.165) is 15.8 Å². The number of nitrogens with one attached hydrogen (secondary N) is 1. The normalized spacial score (nSPS) is 10.2. The number of carbonyl (C=O) groups excluding carboxylic acids is 2. The van der Waals surface area contributed by atoms with E-state index in [0.29, 0.717) is 39.7 Å². The largest absolute Gasteiger partial charge is 0.338 e. The molecule has 0 bridgehead atoms. The number of anilines is 1. The highest BCUT2D eigenvalue weighted by Gasteiger charge is 2.24. The van der Waals surface area contributed by atoms with Crippen molar-refractivity contribution in [3.8, 4) is 6.07 Å². The number of amides is 2. The van der Waals surface area contributed by atoms with Gasteiger partial charge >= 0.3 is 0 Å². The first kappa shape index (κ1) is 19.2. The fourth-order valence-corrected chi connectivity index (χ4v) is 3.92. The van der Waals surface area contributed by atoms with Crippen LogP contribution in [-0.2, 0) is 0 Å². The smallest absolute Gasteiger partial charge is 0.264 e. The summed E-state index contributed by atoms with van der Waals surface area (Å²) in [5, 5.41) is 12.6. The molecule has 1 N–H and O–H groups in total. The molecule has 25 heavy (non-hydrogen) atoms. The number of hydrogen-bond acceptors (Lipinski definition) is 4. The number of nitriles is 1. The molecule has 1 aromatic heterocycles. The average molecular weight is 420 g/mol. The molecule has 0 unspecified atom stereocenters. The van der Waals surface area contributed by atoms with Gasteiger partial charge in [-0.25, -0.2) is 0 Å². The van der Waals surface area contributed by atoms with Crippen molar-refractivity contribution in [2.75, 3.05) is 18.4 Å². The second-order valence-electron chi connectivity index (χ2n) is 5.31. The van der Waals surface area contributed by atoms with Crippen molar-refractivity contribution in [2.24, 2.45) is 0 Å². The lowest BCUT2D eigenvalue weighted by atomic mass is 10.1. The zero-order valence-electron chi connectivity index (χ0n) is 14.2. The summed E-state index contributed by atoms with van der Waals surface area (Å²) in [5.41, 5.74) is 1.42. The lowest BCUT2D eigenvalue weighted by Crippen LogP contribution is -2.30. The second-order valence-corrected chi connectivity index (χ2v) is 7.25. The van der Waals surface area contributed by atoms with Crippen LogP contribution in [0, 0.1) is 18.3 Å². The van der Waals surface area contributed by atoms with E-state index in [1.54, 1.807) is 30.0 Å². The highest BCUT2D eigenvalue weighted by Crippen LogP contribution is 2.33. The predicted octanol–water partition coefficient (Wildman–Crippen LogP) is 4.43. The van der Waals surface area contributed by atoms with Gasteiger partial charge in [-0.1, -0.05) is 22.0 Å². The molecule has 0 atom stereocenters. The standard InChI is InChI=1S/C18H18BrN3O2S/c1-4-22(5-2)18(24)15-11(3)14(10-20)17(25-15)21-16(23)12-7-6-8-13(19)9-12/h6-9H,4-5H2,1-3H3,(H,21,23). The molecule has 2 rings (SSSR count). The second kappa shape index (κ2) is 8.28. The van der Waals surface area contributed by atoms with Crippen molar-refractivity contribution in [3.05, 3.63) is 50.3 Å². The maximum atomic E-state index is 12.6. The molecule has 0 saturated carbocycles. The molecular formula is C18H18BrN3O2S. The number of halogens is 1. The van der Waals surface area contributed by atoms with E-state index >= 15 is 0 Å². The number of rotatable bonds is 5. The van der Waals surface area contributed by atoms with Gasteiger partial charge in [-0.05, 0) is 44.5 Å². The van der Waals surface area contributed by atoms with Crippen molar-refractivity contribution in [1.82, 2.24) is 4.90 Å². The Labute approximate surface area is 159 Å². The van der Waals surface area contributed by atoms with Crippen LogP contribution in [0.5, 0.6) is 0 Å². The third-order valence-corrected chi connectivity index (χ3v) is 5.51. The molecular weight excluding hydrogens is 402 g/mol. The topological polar surface area (TPSA) is 73.2 Å². The molecule has 0 saturated heterocycles. The van der Waals surface area contributed by atoms with Gasteiger partial charge in [0.05, 0.1) is 10.4 Å². The predicted molar refractivity (Wildman–Crippen MR) is 103 cm³/mol. The van der Waals surface area contributed by atoms with Gasteiger partial charge in [-0.3, -0.25) is 9.59 Å². The first-order chi connectivity index (χ1) is 11.9. The van der Waals surface area contributed by atoms with Gasteiger partial charge in [0.25, 0.3) is 11.8 Å². The highest BCUT2D eigenvalue weighted by molar-refractivity contribution is 9.10. The fourth-order valence-electron chi connectivity index (χ4n) is 2.40. The van der Waals surface area contributed by atoms with Crippen LogP contribution < -0.4 is 5.32 Å².